The highest BCUT2D eigenvalue weighted by Crippen LogP contribution is 2.33. The van der Waals surface area contributed by atoms with Gasteiger partial charge in [-0.05, 0) is 59.3 Å². The first-order valence-electron chi connectivity index (χ1n) is 8.11. The Balaban J connectivity index is 2.26. The predicted molar refractivity (Wildman–Crippen MR) is 83.8 cm³/mol. The summed E-state index contributed by atoms with van der Waals surface area (Å²) in [6, 6.07) is 2.50. The number of hydrogen-bond donors (Lipinski definition) is 1. The van der Waals surface area contributed by atoms with Crippen LogP contribution in [0.4, 0.5) is 0 Å². The molecule has 20 heavy (non-hydrogen) atoms. The highest BCUT2D eigenvalue weighted by atomic mass is 15.3. The van der Waals surface area contributed by atoms with Crippen molar-refractivity contribution in [1.29, 1.82) is 0 Å². The minimum absolute atomic E-state index is 0.114. The summed E-state index contributed by atoms with van der Waals surface area (Å²) in [5.41, 5.74) is 1.42. The van der Waals surface area contributed by atoms with E-state index in [0.29, 0.717) is 6.04 Å². The Morgan fingerprint density at radius 3 is 2.55 bits per heavy atom. The van der Waals surface area contributed by atoms with E-state index in [9.17, 15) is 0 Å². The standard InChI is InChI=1S/C16H30N4/c1-5-17-15(14-10-11-18-20(14)6-2)16(3,4)19-12-8-7-9-13-19/h10-11,15,17H,5-9,12-13H2,1-4H3. The lowest BCUT2D eigenvalue weighted by Gasteiger charge is -2.46. The molecule has 0 aliphatic carbocycles. The molecule has 1 aromatic heterocycles. The van der Waals surface area contributed by atoms with Crippen LogP contribution in [0.1, 0.15) is 58.7 Å². The van der Waals surface area contributed by atoms with Gasteiger partial charge in [-0.25, -0.2) is 0 Å². The lowest BCUT2D eigenvalue weighted by Crippen LogP contribution is -2.54. The molecular formula is C16H30N4. The van der Waals surface area contributed by atoms with Gasteiger partial charge in [0.1, 0.15) is 0 Å². The Bertz CT molecular complexity index is 404. The zero-order chi connectivity index (χ0) is 14.6. The van der Waals surface area contributed by atoms with Gasteiger partial charge in [0.25, 0.3) is 0 Å². The predicted octanol–water partition coefficient (Wildman–Crippen LogP) is 2.82. The number of nitrogens with zero attached hydrogens (tertiary/aromatic N) is 3. The van der Waals surface area contributed by atoms with Gasteiger partial charge in [-0.15, -0.1) is 0 Å². The molecule has 1 atom stereocenters. The van der Waals surface area contributed by atoms with E-state index in [1.165, 1.54) is 38.0 Å². The molecule has 0 saturated carbocycles. The SMILES string of the molecule is CCNC(c1ccnn1CC)C(C)(C)N1CCCCC1. The van der Waals surface area contributed by atoms with Crippen LogP contribution in [-0.4, -0.2) is 39.9 Å². The van der Waals surface area contributed by atoms with Crippen molar-refractivity contribution in [2.24, 2.45) is 0 Å². The van der Waals surface area contributed by atoms with Gasteiger partial charge >= 0.3 is 0 Å². The van der Waals surface area contributed by atoms with Crippen LogP contribution in [0.15, 0.2) is 12.3 Å². The first-order valence-corrected chi connectivity index (χ1v) is 8.11. The largest absolute Gasteiger partial charge is 0.307 e. The number of likely N-dealkylation sites (N-methyl/N-ethyl adjacent to an activating group) is 1. The molecule has 1 aromatic rings. The van der Waals surface area contributed by atoms with Crippen LogP contribution in [-0.2, 0) is 6.54 Å². The number of hydrogen-bond acceptors (Lipinski definition) is 3. The lowest BCUT2D eigenvalue weighted by atomic mass is 9.87. The van der Waals surface area contributed by atoms with E-state index in [-0.39, 0.29) is 5.54 Å². The molecule has 1 unspecified atom stereocenters. The summed E-state index contributed by atoms with van der Waals surface area (Å²) in [6.07, 6.45) is 5.96. The van der Waals surface area contributed by atoms with Crippen molar-refractivity contribution in [3.63, 3.8) is 0 Å². The maximum absolute atomic E-state index is 4.45. The summed E-state index contributed by atoms with van der Waals surface area (Å²) < 4.78 is 2.12. The van der Waals surface area contributed by atoms with Gasteiger partial charge < -0.3 is 5.32 Å². The molecule has 4 heteroatoms. The molecule has 1 fully saturated rings. The zero-order valence-corrected chi connectivity index (χ0v) is 13.5. The van der Waals surface area contributed by atoms with Crippen LogP contribution < -0.4 is 5.32 Å². The van der Waals surface area contributed by atoms with Crippen molar-refractivity contribution in [3.8, 4) is 0 Å². The number of aromatic nitrogens is 2. The van der Waals surface area contributed by atoms with Gasteiger partial charge in [-0.3, -0.25) is 9.58 Å². The van der Waals surface area contributed by atoms with Crippen molar-refractivity contribution in [2.75, 3.05) is 19.6 Å². The molecule has 0 aromatic carbocycles. The maximum atomic E-state index is 4.45. The van der Waals surface area contributed by atoms with E-state index in [1.807, 2.05) is 6.20 Å². The molecule has 1 N–H and O–H groups in total. The van der Waals surface area contributed by atoms with Crippen LogP contribution in [0, 0.1) is 0 Å². The van der Waals surface area contributed by atoms with Crippen molar-refractivity contribution >= 4 is 0 Å². The fourth-order valence-corrected chi connectivity index (χ4v) is 3.43. The van der Waals surface area contributed by atoms with Gasteiger partial charge in [0, 0.05) is 18.3 Å². The quantitative estimate of drug-likeness (QED) is 0.868. The Morgan fingerprint density at radius 2 is 1.95 bits per heavy atom. The molecule has 2 heterocycles. The zero-order valence-electron chi connectivity index (χ0n) is 13.5. The van der Waals surface area contributed by atoms with Crippen molar-refractivity contribution < 1.29 is 0 Å². The highest BCUT2D eigenvalue weighted by Gasteiger charge is 2.37. The van der Waals surface area contributed by atoms with E-state index < -0.39 is 0 Å². The van der Waals surface area contributed by atoms with Crippen LogP contribution >= 0.6 is 0 Å². The first kappa shape index (κ1) is 15.5. The smallest absolute Gasteiger partial charge is 0.0673 e. The molecule has 0 radical (unpaired) electrons. The van der Waals surface area contributed by atoms with Crippen LogP contribution in [0.25, 0.3) is 0 Å². The van der Waals surface area contributed by atoms with E-state index in [0.717, 1.165) is 13.1 Å². The van der Waals surface area contributed by atoms with Gasteiger partial charge in [-0.1, -0.05) is 13.3 Å². The second kappa shape index (κ2) is 6.72. The van der Waals surface area contributed by atoms with E-state index in [2.05, 4.69) is 53.8 Å². The first-order chi connectivity index (χ1) is 9.61. The number of rotatable bonds is 6. The highest BCUT2D eigenvalue weighted by molar-refractivity contribution is 5.14. The summed E-state index contributed by atoms with van der Waals surface area (Å²) in [4.78, 5) is 2.65. The van der Waals surface area contributed by atoms with Gasteiger partial charge in [-0.2, -0.15) is 5.10 Å². The Kier molecular flexibility index (Phi) is 5.22. The topological polar surface area (TPSA) is 33.1 Å². The summed E-state index contributed by atoms with van der Waals surface area (Å²) in [5.74, 6) is 0. The Morgan fingerprint density at radius 1 is 1.25 bits per heavy atom. The summed E-state index contributed by atoms with van der Waals surface area (Å²) >= 11 is 0. The lowest BCUT2D eigenvalue weighted by molar-refractivity contribution is 0.0584. The summed E-state index contributed by atoms with van der Waals surface area (Å²) in [7, 11) is 0. The molecule has 4 nitrogen and oxygen atoms in total. The van der Waals surface area contributed by atoms with Crippen LogP contribution in [0.2, 0.25) is 0 Å². The monoisotopic (exact) mass is 278 g/mol. The third-order valence-corrected chi connectivity index (χ3v) is 4.63. The molecule has 1 aliphatic heterocycles. The minimum Gasteiger partial charge on any atom is -0.307 e. The van der Waals surface area contributed by atoms with E-state index >= 15 is 0 Å². The number of likely N-dealkylation sites (tertiary alicyclic amines) is 1. The van der Waals surface area contributed by atoms with Gasteiger partial charge in [0.15, 0.2) is 0 Å². The van der Waals surface area contributed by atoms with Gasteiger partial charge in [0.2, 0.25) is 0 Å². The third-order valence-electron chi connectivity index (χ3n) is 4.63. The molecule has 2 rings (SSSR count). The molecular weight excluding hydrogens is 248 g/mol. The molecule has 1 aliphatic rings. The normalized spacial score (nSPS) is 19.2. The Labute approximate surface area is 123 Å². The maximum Gasteiger partial charge on any atom is 0.0673 e. The minimum atomic E-state index is 0.114. The molecule has 0 spiro atoms. The van der Waals surface area contributed by atoms with Crippen LogP contribution in [0.3, 0.4) is 0 Å². The molecule has 114 valence electrons. The summed E-state index contributed by atoms with van der Waals surface area (Å²) in [5, 5.41) is 8.15. The van der Waals surface area contributed by atoms with E-state index in [1.54, 1.807) is 0 Å². The van der Waals surface area contributed by atoms with Crippen molar-refractivity contribution in [1.82, 2.24) is 20.0 Å². The fourth-order valence-electron chi connectivity index (χ4n) is 3.43. The van der Waals surface area contributed by atoms with E-state index in [4.69, 9.17) is 0 Å². The molecule has 0 amide bonds. The van der Waals surface area contributed by atoms with Crippen molar-refractivity contribution in [2.45, 2.75) is 65.1 Å². The fraction of sp³-hybridized carbons (Fsp3) is 0.812. The molecule has 0 bridgehead atoms. The second-order valence-electron chi connectivity index (χ2n) is 6.26. The average Bonchev–Trinajstić information content (AvgIpc) is 2.93. The average molecular weight is 278 g/mol. The number of nitrogens with one attached hydrogen (secondary N) is 1. The second-order valence-corrected chi connectivity index (χ2v) is 6.26. The van der Waals surface area contributed by atoms with Crippen molar-refractivity contribution in [3.05, 3.63) is 18.0 Å². The Hall–Kier alpha value is -0.870. The van der Waals surface area contributed by atoms with Gasteiger partial charge in [0.05, 0.1) is 11.7 Å². The van der Waals surface area contributed by atoms with Crippen LogP contribution in [0.5, 0.6) is 0 Å². The summed E-state index contributed by atoms with van der Waals surface area (Å²) in [6.45, 7) is 13.4. The number of aryl methyl sites for hydroxylation is 1. The third kappa shape index (κ3) is 3.07. The molecule has 1 saturated heterocycles. The number of piperidine rings is 1.